The van der Waals surface area contributed by atoms with Gasteiger partial charge in [0.05, 0.1) is 13.2 Å². The van der Waals surface area contributed by atoms with E-state index in [1.54, 1.807) is 0 Å². The van der Waals surface area contributed by atoms with Crippen LogP contribution in [0.15, 0.2) is 30.3 Å². The second-order valence-electron chi connectivity index (χ2n) is 6.70. The summed E-state index contributed by atoms with van der Waals surface area (Å²) in [4.78, 5) is 11.4. The van der Waals surface area contributed by atoms with Gasteiger partial charge in [-0.1, -0.05) is 29.8 Å². The number of nitrogens with zero attached hydrogens (tertiary/aromatic N) is 3. The zero-order valence-electron chi connectivity index (χ0n) is 14.9. The molecule has 2 saturated heterocycles. The van der Waals surface area contributed by atoms with Crippen LogP contribution in [0.5, 0.6) is 0 Å². The van der Waals surface area contributed by atoms with Crippen molar-refractivity contribution in [1.29, 1.82) is 0 Å². The number of hydrogen-bond donors (Lipinski definition) is 1. The Bertz CT molecular complexity index is 770. The van der Waals surface area contributed by atoms with Crippen LogP contribution in [0.25, 0.3) is 0 Å². The number of aryl methyl sites for hydroxylation is 1. The summed E-state index contributed by atoms with van der Waals surface area (Å²) in [6.07, 6.45) is 1.72. The number of anilines is 2. The molecule has 2 aliphatic heterocycles. The molecule has 0 radical (unpaired) electrons. The summed E-state index contributed by atoms with van der Waals surface area (Å²) in [6, 6.07) is 9.82. The number of rotatable bonds is 4. The summed E-state index contributed by atoms with van der Waals surface area (Å²) >= 11 is 6.23. The van der Waals surface area contributed by atoms with Gasteiger partial charge in [-0.3, -0.25) is 0 Å². The topological polar surface area (TPSA) is 59.5 Å². The molecule has 1 aromatic heterocycles. The number of aromatic nitrogens is 2. The quantitative estimate of drug-likeness (QED) is 0.885. The number of hydrogen-bond acceptors (Lipinski definition) is 6. The van der Waals surface area contributed by atoms with Crippen LogP contribution < -0.4 is 10.2 Å². The monoisotopic (exact) mass is 374 g/mol. The normalized spacial score (nSPS) is 19.1. The van der Waals surface area contributed by atoms with E-state index < -0.39 is 0 Å². The Morgan fingerprint density at radius 1 is 1.15 bits per heavy atom. The largest absolute Gasteiger partial charge is 0.366 e. The fraction of sp³-hybridized carbons (Fsp3) is 0.474. The second-order valence-corrected chi connectivity index (χ2v) is 7.11. The average molecular weight is 375 g/mol. The van der Waals surface area contributed by atoms with Gasteiger partial charge in [-0.2, -0.15) is 0 Å². The molecule has 0 atom stereocenters. The second kappa shape index (κ2) is 7.39. The van der Waals surface area contributed by atoms with Crippen LogP contribution in [0, 0.1) is 6.92 Å². The molecule has 2 fully saturated rings. The molecule has 26 heavy (non-hydrogen) atoms. The molecular formula is C19H23ClN4O2. The van der Waals surface area contributed by atoms with Gasteiger partial charge in [0, 0.05) is 43.6 Å². The predicted molar refractivity (Wildman–Crippen MR) is 102 cm³/mol. The number of halogens is 1. The minimum atomic E-state index is -0.371. The molecule has 0 unspecified atom stereocenters. The van der Waals surface area contributed by atoms with Gasteiger partial charge in [0.1, 0.15) is 17.5 Å². The van der Waals surface area contributed by atoms with Gasteiger partial charge in [0.2, 0.25) is 0 Å². The third kappa shape index (κ3) is 3.77. The van der Waals surface area contributed by atoms with Crippen molar-refractivity contribution in [3.8, 4) is 0 Å². The van der Waals surface area contributed by atoms with Crippen molar-refractivity contribution >= 4 is 23.2 Å². The van der Waals surface area contributed by atoms with Crippen molar-refractivity contribution in [2.75, 3.05) is 36.5 Å². The molecule has 1 N–H and O–H groups in total. The maximum Gasteiger partial charge on any atom is 0.171 e. The summed E-state index contributed by atoms with van der Waals surface area (Å²) in [7, 11) is 0. The Labute approximate surface area is 158 Å². The average Bonchev–Trinajstić information content (AvgIpc) is 3.09. The molecular weight excluding hydrogens is 352 g/mol. The Morgan fingerprint density at radius 2 is 1.88 bits per heavy atom. The highest BCUT2D eigenvalue weighted by atomic mass is 35.5. The van der Waals surface area contributed by atoms with Gasteiger partial charge < -0.3 is 19.7 Å². The van der Waals surface area contributed by atoms with Gasteiger partial charge in [-0.15, -0.1) is 0 Å². The zero-order chi connectivity index (χ0) is 18.0. The molecule has 2 aromatic rings. The van der Waals surface area contributed by atoms with E-state index in [2.05, 4.69) is 20.2 Å². The van der Waals surface area contributed by atoms with E-state index in [0.717, 1.165) is 54.0 Å². The summed E-state index contributed by atoms with van der Waals surface area (Å²) in [5.41, 5.74) is 1.04. The fourth-order valence-electron chi connectivity index (χ4n) is 3.49. The highest BCUT2D eigenvalue weighted by Crippen LogP contribution is 2.33. The van der Waals surface area contributed by atoms with Crippen LogP contribution in [0.2, 0.25) is 5.02 Å². The van der Waals surface area contributed by atoms with Gasteiger partial charge in [-0.25, -0.2) is 9.97 Å². The molecule has 0 aliphatic carbocycles. The molecule has 138 valence electrons. The van der Waals surface area contributed by atoms with Crippen LogP contribution >= 0.6 is 11.6 Å². The van der Waals surface area contributed by atoms with Crippen molar-refractivity contribution in [2.24, 2.45) is 0 Å². The van der Waals surface area contributed by atoms with Crippen molar-refractivity contribution in [2.45, 2.75) is 32.1 Å². The first-order valence-electron chi connectivity index (χ1n) is 8.99. The van der Waals surface area contributed by atoms with E-state index in [4.69, 9.17) is 21.1 Å². The summed E-state index contributed by atoms with van der Waals surface area (Å²) in [6.45, 7) is 5.66. The fourth-order valence-corrected chi connectivity index (χ4v) is 3.70. The maximum absolute atomic E-state index is 6.23. The molecule has 1 spiro atoms. The van der Waals surface area contributed by atoms with E-state index in [0.29, 0.717) is 19.8 Å². The van der Waals surface area contributed by atoms with E-state index >= 15 is 0 Å². The Morgan fingerprint density at radius 3 is 2.62 bits per heavy atom. The third-order valence-corrected chi connectivity index (χ3v) is 5.27. The first-order chi connectivity index (χ1) is 12.6. The SMILES string of the molecule is Cc1nc(NCc2ccccc2Cl)cc(N2CCC3(CC2)OCCO3)n1. The van der Waals surface area contributed by atoms with Gasteiger partial charge in [0.25, 0.3) is 0 Å². The van der Waals surface area contributed by atoms with E-state index in [1.807, 2.05) is 37.3 Å². The minimum Gasteiger partial charge on any atom is -0.366 e. The molecule has 1 aromatic carbocycles. The standard InChI is InChI=1S/C19H23ClN4O2/c1-14-22-17(21-13-15-4-2-3-5-16(15)20)12-18(23-14)24-8-6-19(7-9-24)25-10-11-26-19/h2-5,12H,6-11,13H2,1H3,(H,21,22,23). The predicted octanol–water partition coefficient (Wildman–Crippen LogP) is 3.39. The highest BCUT2D eigenvalue weighted by molar-refractivity contribution is 6.31. The van der Waals surface area contributed by atoms with E-state index in [9.17, 15) is 0 Å². The summed E-state index contributed by atoms with van der Waals surface area (Å²) < 4.78 is 11.6. The maximum atomic E-state index is 6.23. The molecule has 0 saturated carbocycles. The highest BCUT2D eigenvalue weighted by Gasteiger charge is 2.40. The number of nitrogens with one attached hydrogen (secondary N) is 1. The molecule has 3 heterocycles. The smallest absolute Gasteiger partial charge is 0.171 e. The molecule has 4 rings (SSSR count). The van der Waals surface area contributed by atoms with E-state index in [-0.39, 0.29) is 5.79 Å². The number of benzene rings is 1. The molecule has 2 aliphatic rings. The van der Waals surface area contributed by atoms with Gasteiger partial charge in [0.15, 0.2) is 5.79 Å². The molecule has 7 heteroatoms. The van der Waals surface area contributed by atoms with Crippen LogP contribution in [0.4, 0.5) is 11.6 Å². The lowest BCUT2D eigenvalue weighted by molar-refractivity contribution is -0.169. The van der Waals surface area contributed by atoms with E-state index in [1.165, 1.54) is 0 Å². The van der Waals surface area contributed by atoms with Crippen LogP contribution in [-0.2, 0) is 16.0 Å². The molecule has 0 amide bonds. The van der Waals surface area contributed by atoms with Crippen molar-refractivity contribution in [3.05, 3.63) is 46.7 Å². The van der Waals surface area contributed by atoms with Crippen LogP contribution in [0.1, 0.15) is 24.2 Å². The Balaban J connectivity index is 1.44. The lowest BCUT2D eigenvalue weighted by atomic mass is 10.0. The van der Waals surface area contributed by atoms with Crippen molar-refractivity contribution in [3.63, 3.8) is 0 Å². The molecule has 0 bridgehead atoms. The third-order valence-electron chi connectivity index (χ3n) is 4.91. The van der Waals surface area contributed by atoms with Crippen molar-refractivity contribution in [1.82, 2.24) is 9.97 Å². The first kappa shape index (κ1) is 17.5. The number of ether oxygens (including phenoxy) is 2. The van der Waals surface area contributed by atoms with Gasteiger partial charge >= 0.3 is 0 Å². The number of piperidine rings is 1. The molecule has 6 nitrogen and oxygen atoms in total. The van der Waals surface area contributed by atoms with Gasteiger partial charge in [-0.05, 0) is 18.6 Å². The zero-order valence-corrected chi connectivity index (χ0v) is 15.6. The first-order valence-corrected chi connectivity index (χ1v) is 9.37. The van der Waals surface area contributed by atoms with Crippen LogP contribution in [0.3, 0.4) is 0 Å². The lowest BCUT2D eigenvalue weighted by Gasteiger charge is -2.38. The van der Waals surface area contributed by atoms with Crippen LogP contribution in [-0.4, -0.2) is 42.1 Å². The summed E-state index contributed by atoms with van der Waals surface area (Å²) in [5.74, 6) is 2.12. The minimum absolute atomic E-state index is 0.371. The Kier molecular flexibility index (Phi) is 4.98. The Hall–Kier alpha value is -1.89. The summed E-state index contributed by atoms with van der Waals surface area (Å²) in [5, 5.41) is 4.11. The lowest BCUT2D eigenvalue weighted by Crippen LogP contribution is -2.45. The van der Waals surface area contributed by atoms with Crippen molar-refractivity contribution < 1.29 is 9.47 Å².